The fraction of sp³-hybridized carbons (Fsp3) is 0.188. The molecule has 0 heterocycles. The lowest BCUT2D eigenvalue weighted by molar-refractivity contribution is -0.113. The van der Waals surface area contributed by atoms with Crippen LogP contribution in [-0.4, -0.2) is 25.9 Å². The van der Waals surface area contributed by atoms with Gasteiger partial charge in [-0.1, -0.05) is 11.6 Å². The number of thioether (sulfide) groups is 1. The summed E-state index contributed by atoms with van der Waals surface area (Å²) < 4.78 is 23.4. The second kappa shape index (κ2) is 8.08. The number of anilines is 1. The van der Waals surface area contributed by atoms with Crippen LogP contribution in [0.15, 0.2) is 41.3 Å². The van der Waals surface area contributed by atoms with Crippen LogP contribution in [0, 0.1) is 5.82 Å². The molecule has 0 aliphatic carbocycles. The number of benzene rings is 2. The second-order valence-corrected chi connectivity index (χ2v) is 5.93. The van der Waals surface area contributed by atoms with Gasteiger partial charge in [0.25, 0.3) is 0 Å². The highest BCUT2D eigenvalue weighted by Crippen LogP contribution is 2.29. The predicted molar refractivity (Wildman–Crippen MR) is 90.3 cm³/mol. The lowest BCUT2D eigenvalue weighted by atomic mass is 10.2. The molecule has 7 heteroatoms. The van der Waals surface area contributed by atoms with Crippen molar-refractivity contribution in [2.45, 2.75) is 4.90 Å². The third-order valence-corrected chi connectivity index (χ3v) is 4.23. The molecule has 0 aromatic heterocycles. The Balaban J connectivity index is 1.98. The van der Waals surface area contributed by atoms with Crippen LogP contribution < -0.4 is 14.8 Å². The van der Waals surface area contributed by atoms with Crippen LogP contribution in [0.25, 0.3) is 0 Å². The molecular weight excluding hydrogens is 341 g/mol. The molecule has 0 bridgehead atoms. The molecule has 0 aliphatic rings. The Bertz CT molecular complexity index is 712. The normalized spacial score (nSPS) is 10.3. The first kappa shape index (κ1) is 17.4. The van der Waals surface area contributed by atoms with E-state index >= 15 is 0 Å². The van der Waals surface area contributed by atoms with E-state index in [0.29, 0.717) is 22.1 Å². The first-order valence-corrected chi connectivity index (χ1v) is 7.99. The maximum absolute atomic E-state index is 13.1. The van der Waals surface area contributed by atoms with E-state index in [0.717, 1.165) is 0 Å². The summed E-state index contributed by atoms with van der Waals surface area (Å²) in [5.74, 6) is 0.613. The van der Waals surface area contributed by atoms with Crippen molar-refractivity contribution in [1.29, 1.82) is 0 Å². The number of nitrogens with one attached hydrogen (secondary N) is 1. The lowest BCUT2D eigenvalue weighted by Gasteiger charge is -2.11. The molecular formula is C16H15ClFNO3S. The summed E-state index contributed by atoms with van der Waals surface area (Å²) in [6.45, 7) is 0. The van der Waals surface area contributed by atoms with E-state index in [1.807, 2.05) is 0 Å². The van der Waals surface area contributed by atoms with Crippen molar-refractivity contribution in [2.24, 2.45) is 0 Å². The van der Waals surface area contributed by atoms with Gasteiger partial charge in [-0.3, -0.25) is 4.79 Å². The van der Waals surface area contributed by atoms with E-state index in [-0.39, 0.29) is 16.7 Å². The molecule has 2 aromatic rings. The van der Waals surface area contributed by atoms with Gasteiger partial charge in [0.2, 0.25) is 5.91 Å². The third-order valence-electron chi connectivity index (χ3n) is 2.94. The molecule has 0 saturated carbocycles. The maximum Gasteiger partial charge on any atom is 0.234 e. The van der Waals surface area contributed by atoms with Crippen molar-refractivity contribution in [3.63, 3.8) is 0 Å². The molecule has 2 aromatic carbocycles. The summed E-state index contributed by atoms with van der Waals surface area (Å²) >= 11 is 6.97. The van der Waals surface area contributed by atoms with Gasteiger partial charge in [-0.05, 0) is 30.3 Å². The number of carbonyl (C=O) groups is 1. The van der Waals surface area contributed by atoms with Gasteiger partial charge in [0, 0.05) is 11.0 Å². The quantitative estimate of drug-likeness (QED) is 0.788. The molecule has 4 nitrogen and oxygen atoms in total. The van der Waals surface area contributed by atoms with E-state index in [1.54, 1.807) is 31.4 Å². The number of halogens is 2. The fourth-order valence-corrected chi connectivity index (χ4v) is 2.78. The Morgan fingerprint density at radius 1 is 1.22 bits per heavy atom. The van der Waals surface area contributed by atoms with E-state index in [1.165, 1.54) is 31.0 Å². The SMILES string of the molecule is COc1ccc(NC(=O)CSc2ccc(F)c(Cl)c2)c(OC)c1. The Morgan fingerprint density at radius 2 is 2.00 bits per heavy atom. The molecule has 122 valence electrons. The number of hydrogen-bond acceptors (Lipinski definition) is 4. The third kappa shape index (κ3) is 4.77. The minimum absolute atomic E-state index is 0.0345. The highest BCUT2D eigenvalue weighted by atomic mass is 35.5. The molecule has 23 heavy (non-hydrogen) atoms. The van der Waals surface area contributed by atoms with Crippen LogP contribution in [-0.2, 0) is 4.79 Å². The van der Waals surface area contributed by atoms with Crippen molar-refractivity contribution < 1.29 is 18.7 Å². The van der Waals surface area contributed by atoms with E-state index in [9.17, 15) is 9.18 Å². The topological polar surface area (TPSA) is 47.6 Å². The van der Waals surface area contributed by atoms with Crippen molar-refractivity contribution >= 4 is 35.0 Å². The Morgan fingerprint density at radius 3 is 2.65 bits per heavy atom. The standard InChI is InChI=1S/C16H15ClFNO3S/c1-21-10-3-6-14(15(7-10)22-2)19-16(20)9-23-11-4-5-13(18)12(17)8-11/h3-8H,9H2,1-2H3,(H,19,20). The summed E-state index contributed by atoms with van der Waals surface area (Å²) in [6.07, 6.45) is 0. The highest BCUT2D eigenvalue weighted by molar-refractivity contribution is 8.00. The molecule has 0 saturated heterocycles. The number of hydrogen-bond donors (Lipinski definition) is 1. The smallest absolute Gasteiger partial charge is 0.234 e. The van der Waals surface area contributed by atoms with Gasteiger partial charge < -0.3 is 14.8 Å². The van der Waals surface area contributed by atoms with Crippen LogP contribution in [0.4, 0.5) is 10.1 Å². The highest BCUT2D eigenvalue weighted by Gasteiger charge is 2.10. The van der Waals surface area contributed by atoms with Gasteiger partial charge in [0.1, 0.15) is 17.3 Å². The molecule has 0 spiro atoms. The zero-order valence-electron chi connectivity index (χ0n) is 12.6. The zero-order valence-corrected chi connectivity index (χ0v) is 14.1. The van der Waals surface area contributed by atoms with Crippen LogP contribution in [0.1, 0.15) is 0 Å². The van der Waals surface area contributed by atoms with Crippen LogP contribution in [0.2, 0.25) is 5.02 Å². The maximum atomic E-state index is 13.1. The Labute approximate surface area is 142 Å². The van der Waals surface area contributed by atoms with Gasteiger partial charge in [0.15, 0.2) is 0 Å². The van der Waals surface area contributed by atoms with Crippen LogP contribution in [0.5, 0.6) is 11.5 Å². The summed E-state index contributed by atoms with van der Waals surface area (Å²) in [5.41, 5.74) is 0.552. The zero-order chi connectivity index (χ0) is 16.8. The van der Waals surface area contributed by atoms with Gasteiger partial charge in [-0.15, -0.1) is 11.8 Å². The minimum Gasteiger partial charge on any atom is -0.497 e. The summed E-state index contributed by atoms with van der Waals surface area (Å²) in [5, 5.41) is 2.80. The van der Waals surface area contributed by atoms with Gasteiger partial charge in [-0.25, -0.2) is 4.39 Å². The Kier molecular flexibility index (Phi) is 6.12. The molecule has 0 fully saturated rings. The number of methoxy groups -OCH3 is 2. The van der Waals surface area contributed by atoms with Crippen LogP contribution in [0.3, 0.4) is 0 Å². The van der Waals surface area contributed by atoms with Gasteiger partial charge in [0.05, 0.1) is 30.7 Å². The van der Waals surface area contributed by atoms with Crippen molar-refractivity contribution in [2.75, 3.05) is 25.3 Å². The van der Waals surface area contributed by atoms with E-state index in [2.05, 4.69) is 5.32 Å². The number of rotatable bonds is 6. The predicted octanol–water partition coefficient (Wildman–Crippen LogP) is 4.23. The largest absolute Gasteiger partial charge is 0.497 e. The molecule has 2 rings (SSSR count). The van der Waals surface area contributed by atoms with Gasteiger partial charge in [-0.2, -0.15) is 0 Å². The van der Waals surface area contributed by atoms with E-state index < -0.39 is 5.82 Å². The lowest BCUT2D eigenvalue weighted by Crippen LogP contribution is -2.14. The average molecular weight is 356 g/mol. The van der Waals surface area contributed by atoms with Crippen molar-refractivity contribution in [1.82, 2.24) is 0 Å². The van der Waals surface area contributed by atoms with Crippen LogP contribution >= 0.6 is 23.4 Å². The molecule has 0 unspecified atom stereocenters. The average Bonchev–Trinajstić information content (AvgIpc) is 2.56. The van der Waals surface area contributed by atoms with Crippen molar-refractivity contribution in [3.8, 4) is 11.5 Å². The number of amides is 1. The molecule has 1 amide bonds. The molecule has 0 aliphatic heterocycles. The molecule has 0 atom stereocenters. The van der Waals surface area contributed by atoms with Crippen molar-refractivity contribution in [3.05, 3.63) is 47.2 Å². The number of carbonyl (C=O) groups excluding carboxylic acids is 1. The Hall–Kier alpha value is -1.92. The molecule has 1 N–H and O–H groups in total. The second-order valence-electron chi connectivity index (χ2n) is 4.48. The first-order valence-electron chi connectivity index (χ1n) is 6.63. The van der Waals surface area contributed by atoms with Gasteiger partial charge >= 0.3 is 0 Å². The summed E-state index contributed by atoms with van der Waals surface area (Å²) in [7, 11) is 3.07. The molecule has 0 radical (unpaired) electrons. The summed E-state index contributed by atoms with van der Waals surface area (Å²) in [6, 6.07) is 9.45. The summed E-state index contributed by atoms with van der Waals surface area (Å²) in [4.78, 5) is 12.8. The minimum atomic E-state index is -0.483. The number of ether oxygens (including phenoxy) is 2. The fourth-order valence-electron chi connectivity index (χ4n) is 1.80. The van der Waals surface area contributed by atoms with E-state index in [4.69, 9.17) is 21.1 Å². The monoisotopic (exact) mass is 355 g/mol. The first-order chi connectivity index (χ1) is 11.0.